The van der Waals surface area contributed by atoms with Crippen LogP contribution in [0.25, 0.3) is 0 Å². The van der Waals surface area contributed by atoms with E-state index in [0.717, 1.165) is 0 Å². The number of rotatable bonds is 5. The highest BCUT2D eigenvalue weighted by molar-refractivity contribution is 5.73. The lowest BCUT2D eigenvalue weighted by atomic mass is 9.96. The number of amides is 1. The Balaban J connectivity index is 2.28. The summed E-state index contributed by atoms with van der Waals surface area (Å²) in [6, 6.07) is 7.76. The summed E-state index contributed by atoms with van der Waals surface area (Å²) in [5.41, 5.74) is 0. The maximum atomic E-state index is 11.5. The van der Waals surface area contributed by atoms with Crippen LogP contribution in [0, 0.1) is 0 Å². The van der Waals surface area contributed by atoms with Crippen LogP contribution in [0.15, 0.2) is 30.3 Å². The summed E-state index contributed by atoms with van der Waals surface area (Å²) in [6.07, 6.45) is -4.51. The molecule has 2 rings (SSSR count). The largest absolute Gasteiger partial charge is 0.463 e. The summed E-state index contributed by atoms with van der Waals surface area (Å²) in [6.45, 7) is 1.98. The molecule has 1 aromatic carbocycles. The standard InChI is InChI=1S/C16H21NO7/c1-9(19)17-13-15(22-10(2)20)14(21)12(8-18)24-16(13)23-11-6-4-3-5-7-11/h3-7,12-16,18,21H,8H2,1-2H3,(H,17,19)/t12-,13+,14-,15+,16-/m1/s1. The summed E-state index contributed by atoms with van der Waals surface area (Å²) in [5, 5.41) is 22.2. The molecule has 0 aromatic heterocycles. The highest BCUT2D eigenvalue weighted by atomic mass is 16.7. The number of hydrogen-bond acceptors (Lipinski definition) is 7. The molecule has 0 radical (unpaired) electrons. The smallest absolute Gasteiger partial charge is 0.303 e. The van der Waals surface area contributed by atoms with Gasteiger partial charge in [0.25, 0.3) is 0 Å². The molecule has 1 aliphatic rings. The van der Waals surface area contributed by atoms with E-state index in [9.17, 15) is 19.8 Å². The molecule has 1 saturated heterocycles. The molecule has 1 amide bonds. The van der Waals surface area contributed by atoms with Gasteiger partial charge in [0.15, 0.2) is 6.10 Å². The molecular formula is C16H21NO7. The van der Waals surface area contributed by atoms with Gasteiger partial charge < -0.3 is 29.7 Å². The Bertz CT molecular complexity index is 565. The number of nitrogens with one attached hydrogen (secondary N) is 1. The number of benzene rings is 1. The zero-order chi connectivity index (χ0) is 17.7. The van der Waals surface area contributed by atoms with Crippen molar-refractivity contribution in [3.05, 3.63) is 30.3 Å². The molecule has 0 bridgehead atoms. The van der Waals surface area contributed by atoms with E-state index in [1.165, 1.54) is 13.8 Å². The van der Waals surface area contributed by atoms with Crippen molar-refractivity contribution in [1.29, 1.82) is 0 Å². The van der Waals surface area contributed by atoms with Crippen molar-refractivity contribution in [3.8, 4) is 5.75 Å². The van der Waals surface area contributed by atoms with E-state index in [1.54, 1.807) is 24.3 Å². The molecule has 0 spiro atoms. The van der Waals surface area contributed by atoms with E-state index in [1.807, 2.05) is 6.07 Å². The van der Waals surface area contributed by atoms with E-state index in [-0.39, 0.29) is 0 Å². The molecule has 0 unspecified atom stereocenters. The maximum absolute atomic E-state index is 11.5. The van der Waals surface area contributed by atoms with Crippen molar-refractivity contribution in [2.45, 2.75) is 44.5 Å². The lowest BCUT2D eigenvalue weighted by Crippen LogP contribution is -2.66. The van der Waals surface area contributed by atoms with Gasteiger partial charge >= 0.3 is 5.97 Å². The van der Waals surface area contributed by atoms with Crippen molar-refractivity contribution in [1.82, 2.24) is 5.32 Å². The van der Waals surface area contributed by atoms with Gasteiger partial charge in [0.2, 0.25) is 12.2 Å². The second-order valence-electron chi connectivity index (χ2n) is 5.45. The van der Waals surface area contributed by atoms with Crippen molar-refractivity contribution in [2.24, 2.45) is 0 Å². The van der Waals surface area contributed by atoms with Crippen LogP contribution >= 0.6 is 0 Å². The van der Waals surface area contributed by atoms with Gasteiger partial charge in [0, 0.05) is 13.8 Å². The van der Waals surface area contributed by atoms with Gasteiger partial charge in [-0.3, -0.25) is 9.59 Å². The molecule has 24 heavy (non-hydrogen) atoms. The molecule has 5 atom stereocenters. The average molecular weight is 339 g/mol. The Labute approximate surface area is 139 Å². The molecular weight excluding hydrogens is 318 g/mol. The molecule has 8 nitrogen and oxygen atoms in total. The zero-order valence-electron chi connectivity index (χ0n) is 13.4. The van der Waals surface area contributed by atoms with E-state index in [0.29, 0.717) is 5.75 Å². The highest BCUT2D eigenvalue weighted by Gasteiger charge is 2.48. The first-order chi connectivity index (χ1) is 11.4. The Morgan fingerprint density at radius 2 is 1.92 bits per heavy atom. The fraction of sp³-hybridized carbons (Fsp3) is 0.500. The lowest BCUT2D eigenvalue weighted by molar-refractivity contribution is -0.249. The van der Waals surface area contributed by atoms with Crippen LogP contribution in [-0.2, 0) is 19.1 Å². The predicted octanol–water partition coefficient (Wildman–Crippen LogP) is -0.420. The van der Waals surface area contributed by atoms with Gasteiger partial charge in [-0.15, -0.1) is 0 Å². The van der Waals surface area contributed by atoms with Crippen molar-refractivity contribution in [3.63, 3.8) is 0 Å². The van der Waals surface area contributed by atoms with Crippen LogP contribution in [0.5, 0.6) is 5.75 Å². The summed E-state index contributed by atoms with van der Waals surface area (Å²) >= 11 is 0. The first-order valence-corrected chi connectivity index (χ1v) is 7.52. The third kappa shape index (κ3) is 4.44. The molecule has 1 aliphatic heterocycles. The van der Waals surface area contributed by atoms with Gasteiger partial charge in [-0.05, 0) is 12.1 Å². The van der Waals surface area contributed by atoms with Crippen molar-refractivity contribution in [2.75, 3.05) is 6.61 Å². The molecule has 3 N–H and O–H groups in total. The second kappa shape index (κ2) is 8.09. The number of ether oxygens (including phenoxy) is 3. The number of para-hydroxylation sites is 1. The van der Waals surface area contributed by atoms with E-state index >= 15 is 0 Å². The topological polar surface area (TPSA) is 114 Å². The van der Waals surface area contributed by atoms with E-state index in [4.69, 9.17) is 14.2 Å². The molecule has 0 saturated carbocycles. The minimum Gasteiger partial charge on any atom is -0.463 e. The molecule has 0 aliphatic carbocycles. The quantitative estimate of drug-likeness (QED) is 0.624. The molecule has 1 aromatic rings. The fourth-order valence-corrected chi connectivity index (χ4v) is 2.52. The minimum absolute atomic E-state index is 0.405. The molecule has 1 heterocycles. The van der Waals surface area contributed by atoms with Crippen molar-refractivity contribution < 1.29 is 34.0 Å². The Morgan fingerprint density at radius 1 is 1.25 bits per heavy atom. The lowest BCUT2D eigenvalue weighted by Gasteiger charge is -2.43. The summed E-state index contributed by atoms with van der Waals surface area (Å²) in [5.74, 6) is -0.573. The van der Waals surface area contributed by atoms with E-state index in [2.05, 4.69) is 5.32 Å². The van der Waals surface area contributed by atoms with Gasteiger partial charge in [-0.2, -0.15) is 0 Å². The van der Waals surface area contributed by atoms with Gasteiger partial charge in [-0.1, -0.05) is 18.2 Å². The first-order valence-electron chi connectivity index (χ1n) is 7.52. The summed E-state index contributed by atoms with van der Waals surface area (Å²) < 4.78 is 16.4. The Hall–Kier alpha value is -2.16. The molecule has 1 fully saturated rings. The zero-order valence-corrected chi connectivity index (χ0v) is 13.4. The fourth-order valence-electron chi connectivity index (χ4n) is 2.52. The number of carbonyl (C=O) groups is 2. The third-order valence-corrected chi connectivity index (χ3v) is 3.52. The monoisotopic (exact) mass is 339 g/mol. The van der Waals surface area contributed by atoms with Crippen LogP contribution in [0.3, 0.4) is 0 Å². The predicted molar refractivity (Wildman–Crippen MR) is 82.0 cm³/mol. The SMILES string of the molecule is CC(=O)N[C@@H]1[C@H](Oc2ccccc2)O[C@H](CO)[C@@H](O)[C@H]1OC(C)=O. The summed E-state index contributed by atoms with van der Waals surface area (Å²) in [4.78, 5) is 22.9. The number of hydrogen-bond donors (Lipinski definition) is 3. The molecule has 8 heteroatoms. The Kier molecular flexibility index (Phi) is 6.13. The molecule has 132 valence electrons. The third-order valence-electron chi connectivity index (χ3n) is 3.52. The minimum atomic E-state index is -1.31. The normalized spacial score (nSPS) is 29.6. The highest BCUT2D eigenvalue weighted by Crippen LogP contribution is 2.26. The summed E-state index contributed by atoms with van der Waals surface area (Å²) in [7, 11) is 0. The van der Waals surface area contributed by atoms with Crippen LogP contribution in [0.1, 0.15) is 13.8 Å². The number of carbonyl (C=O) groups excluding carboxylic acids is 2. The maximum Gasteiger partial charge on any atom is 0.303 e. The number of aliphatic hydroxyl groups is 2. The van der Waals surface area contributed by atoms with Crippen molar-refractivity contribution >= 4 is 11.9 Å². The van der Waals surface area contributed by atoms with Gasteiger partial charge in [0.05, 0.1) is 6.61 Å². The van der Waals surface area contributed by atoms with Crippen LogP contribution in [-0.4, -0.2) is 59.3 Å². The average Bonchev–Trinajstić information content (AvgIpc) is 2.53. The van der Waals surface area contributed by atoms with Crippen LogP contribution in [0.4, 0.5) is 0 Å². The number of aliphatic hydroxyl groups excluding tert-OH is 2. The van der Waals surface area contributed by atoms with E-state index < -0.39 is 49.1 Å². The second-order valence-corrected chi connectivity index (χ2v) is 5.45. The van der Waals surface area contributed by atoms with Crippen LogP contribution < -0.4 is 10.1 Å². The number of esters is 1. The van der Waals surface area contributed by atoms with Crippen LogP contribution in [0.2, 0.25) is 0 Å². The Morgan fingerprint density at radius 3 is 2.46 bits per heavy atom. The van der Waals surface area contributed by atoms with Gasteiger partial charge in [-0.25, -0.2) is 0 Å². The van der Waals surface area contributed by atoms with Gasteiger partial charge in [0.1, 0.15) is 24.0 Å². The first kappa shape index (κ1) is 18.2.